The summed E-state index contributed by atoms with van der Waals surface area (Å²) in [7, 11) is 3.53. The van der Waals surface area contributed by atoms with E-state index in [1.807, 2.05) is 53.5 Å². The smallest absolute Gasteiger partial charge is 0.262 e. The van der Waals surface area contributed by atoms with Gasteiger partial charge in [-0.1, -0.05) is 24.3 Å². The number of hydrogen-bond acceptors (Lipinski definition) is 4. The van der Waals surface area contributed by atoms with Crippen molar-refractivity contribution < 1.29 is 9.53 Å². The van der Waals surface area contributed by atoms with Crippen LogP contribution in [0, 0.1) is 0 Å². The van der Waals surface area contributed by atoms with Crippen molar-refractivity contribution in [2.75, 3.05) is 7.11 Å². The first-order chi connectivity index (χ1) is 11.2. The molecule has 1 N–H and O–H groups in total. The topological polar surface area (TPSA) is 56.1 Å². The van der Waals surface area contributed by atoms with Gasteiger partial charge in [0, 0.05) is 25.0 Å². The Hall–Kier alpha value is -2.60. The Morgan fingerprint density at radius 2 is 2.13 bits per heavy atom. The molecule has 0 saturated heterocycles. The predicted molar refractivity (Wildman–Crippen MR) is 89.8 cm³/mol. The normalized spacial score (nSPS) is 11.9. The Labute approximate surface area is 138 Å². The minimum Gasteiger partial charge on any atom is -0.496 e. The maximum absolute atomic E-state index is 12.5. The van der Waals surface area contributed by atoms with E-state index in [9.17, 15) is 4.79 Å². The van der Waals surface area contributed by atoms with Crippen LogP contribution in [0.5, 0.6) is 5.75 Å². The van der Waals surface area contributed by atoms with Crippen LogP contribution in [0.2, 0.25) is 0 Å². The van der Waals surface area contributed by atoms with Crippen LogP contribution in [0.1, 0.15) is 27.1 Å². The van der Waals surface area contributed by atoms with Crippen LogP contribution in [-0.2, 0) is 7.05 Å². The Morgan fingerprint density at radius 1 is 1.30 bits per heavy atom. The van der Waals surface area contributed by atoms with E-state index in [0.717, 1.165) is 11.4 Å². The molecular formula is C17H17N3O2S. The fraction of sp³-hybridized carbons (Fsp3) is 0.176. The van der Waals surface area contributed by atoms with Gasteiger partial charge < -0.3 is 14.6 Å². The largest absolute Gasteiger partial charge is 0.496 e. The van der Waals surface area contributed by atoms with Crippen molar-refractivity contribution in [3.05, 3.63) is 70.4 Å². The molecule has 0 spiro atoms. The van der Waals surface area contributed by atoms with Crippen LogP contribution in [0.3, 0.4) is 0 Å². The molecule has 0 aliphatic rings. The van der Waals surface area contributed by atoms with Crippen molar-refractivity contribution >= 4 is 17.2 Å². The number of aromatic nitrogens is 2. The van der Waals surface area contributed by atoms with Gasteiger partial charge in [-0.3, -0.25) is 4.79 Å². The minimum absolute atomic E-state index is 0.126. The maximum atomic E-state index is 12.5. The van der Waals surface area contributed by atoms with Crippen LogP contribution >= 0.6 is 11.3 Å². The molecule has 5 nitrogen and oxygen atoms in total. The molecule has 0 fully saturated rings. The van der Waals surface area contributed by atoms with Crippen LogP contribution in [0.15, 0.2) is 54.2 Å². The summed E-state index contributed by atoms with van der Waals surface area (Å²) in [5.74, 6) is 1.34. The number of benzene rings is 1. The molecule has 0 saturated carbocycles. The van der Waals surface area contributed by atoms with Crippen molar-refractivity contribution in [2.24, 2.45) is 7.05 Å². The lowest BCUT2D eigenvalue weighted by atomic mass is 10.0. The Bertz CT molecular complexity index is 796. The van der Waals surface area contributed by atoms with Gasteiger partial charge >= 0.3 is 0 Å². The highest BCUT2D eigenvalue weighted by molar-refractivity contribution is 7.12. The number of amides is 1. The van der Waals surface area contributed by atoms with Gasteiger partial charge in [0.15, 0.2) is 0 Å². The highest BCUT2D eigenvalue weighted by atomic mass is 32.1. The lowest BCUT2D eigenvalue weighted by Crippen LogP contribution is -2.30. The zero-order chi connectivity index (χ0) is 16.2. The average molecular weight is 327 g/mol. The number of carbonyl (C=O) groups is 1. The van der Waals surface area contributed by atoms with Crippen molar-refractivity contribution in [1.29, 1.82) is 0 Å². The predicted octanol–water partition coefficient (Wildman–Crippen LogP) is 3.01. The number of aryl methyl sites for hydroxylation is 1. The number of thiophene rings is 1. The molecule has 2 heterocycles. The summed E-state index contributed by atoms with van der Waals surface area (Å²) in [4.78, 5) is 17.6. The molecule has 118 valence electrons. The van der Waals surface area contributed by atoms with E-state index in [0.29, 0.717) is 10.6 Å². The molecule has 3 rings (SSSR count). The molecule has 0 aliphatic heterocycles. The van der Waals surface area contributed by atoms with Gasteiger partial charge in [0.05, 0.1) is 12.0 Å². The number of methoxy groups -OCH3 is 1. The third-order valence-electron chi connectivity index (χ3n) is 3.59. The third-order valence-corrected chi connectivity index (χ3v) is 4.46. The van der Waals surface area contributed by atoms with Gasteiger partial charge in [0.25, 0.3) is 5.91 Å². The lowest BCUT2D eigenvalue weighted by molar-refractivity contribution is 0.0945. The molecule has 0 bridgehead atoms. The molecular weight excluding hydrogens is 310 g/mol. The number of para-hydroxylation sites is 1. The quantitative estimate of drug-likeness (QED) is 0.784. The van der Waals surface area contributed by atoms with E-state index >= 15 is 0 Å². The highest BCUT2D eigenvalue weighted by Crippen LogP contribution is 2.29. The van der Waals surface area contributed by atoms with Gasteiger partial charge in [-0.15, -0.1) is 11.3 Å². The third kappa shape index (κ3) is 3.12. The Balaban J connectivity index is 2.01. The first-order valence-corrected chi connectivity index (χ1v) is 8.03. The van der Waals surface area contributed by atoms with Crippen LogP contribution in [0.4, 0.5) is 0 Å². The zero-order valence-electron chi connectivity index (χ0n) is 12.9. The first kappa shape index (κ1) is 15.3. The van der Waals surface area contributed by atoms with Crippen molar-refractivity contribution in [1.82, 2.24) is 14.9 Å². The number of imidazole rings is 1. The van der Waals surface area contributed by atoms with E-state index in [1.54, 1.807) is 19.4 Å². The fourth-order valence-corrected chi connectivity index (χ4v) is 3.08. The molecule has 6 heteroatoms. The van der Waals surface area contributed by atoms with Gasteiger partial charge in [0.1, 0.15) is 17.6 Å². The summed E-state index contributed by atoms with van der Waals surface area (Å²) < 4.78 is 7.35. The van der Waals surface area contributed by atoms with E-state index < -0.39 is 0 Å². The summed E-state index contributed by atoms with van der Waals surface area (Å²) in [6, 6.07) is 10.9. The van der Waals surface area contributed by atoms with Crippen molar-refractivity contribution in [2.45, 2.75) is 6.04 Å². The Kier molecular flexibility index (Phi) is 4.43. The molecule has 1 aromatic carbocycles. The number of nitrogens with zero attached hydrogens (tertiary/aromatic N) is 2. The zero-order valence-corrected chi connectivity index (χ0v) is 13.7. The number of ether oxygens (including phenoxy) is 1. The van der Waals surface area contributed by atoms with Crippen LogP contribution in [0.25, 0.3) is 0 Å². The molecule has 23 heavy (non-hydrogen) atoms. The molecule has 0 radical (unpaired) electrons. The lowest BCUT2D eigenvalue weighted by Gasteiger charge is -2.21. The summed E-state index contributed by atoms with van der Waals surface area (Å²) in [5, 5.41) is 4.94. The Morgan fingerprint density at radius 3 is 2.78 bits per heavy atom. The average Bonchev–Trinajstić information content (AvgIpc) is 3.24. The molecule has 2 aromatic heterocycles. The SMILES string of the molecule is COc1ccccc1C(NC(=O)c1cccs1)c1nccn1C. The minimum atomic E-state index is -0.388. The second-order valence-corrected chi connectivity index (χ2v) is 5.97. The molecule has 3 aromatic rings. The van der Waals surface area contributed by atoms with E-state index in [1.165, 1.54) is 11.3 Å². The second kappa shape index (κ2) is 6.66. The summed E-state index contributed by atoms with van der Waals surface area (Å²) in [5.41, 5.74) is 0.870. The number of hydrogen-bond donors (Lipinski definition) is 1. The van der Waals surface area contributed by atoms with E-state index in [2.05, 4.69) is 10.3 Å². The monoisotopic (exact) mass is 327 g/mol. The first-order valence-electron chi connectivity index (χ1n) is 7.15. The van der Waals surface area contributed by atoms with Gasteiger partial charge in [-0.25, -0.2) is 4.98 Å². The molecule has 1 amide bonds. The number of carbonyl (C=O) groups excluding carboxylic acids is 1. The fourth-order valence-electron chi connectivity index (χ4n) is 2.45. The van der Waals surface area contributed by atoms with Crippen LogP contribution < -0.4 is 10.1 Å². The van der Waals surface area contributed by atoms with Crippen molar-refractivity contribution in [3.8, 4) is 5.75 Å². The summed E-state index contributed by atoms with van der Waals surface area (Å²) in [6.07, 6.45) is 3.57. The molecule has 1 unspecified atom stereocenters. The van der Waals surface area contributed by atoms with E-state index in [-0.39, 0.29) is 11.9 Å². The standard InChI is InChI=1S/C17H17N3O2S/c1-20-10-9-18-16(20)15(12-6-3-4-7-13(12)22-2)19-17(21)14-8-5-11-23-14/h3-11,15H,1-2H3,(H,19,21). The molecule has 1 atom stereocenters. The van der Waals surface area contributed by atoms with Gasteiger partial charge in [-0.05, 0) is 17.5 Å². The maximum Gasteiger partial charge on any atom is 0.262 e. The number of rotatable bonds is 5. The van der Waals surface area contributed by atoms with Crippen molar-refractivity contribution in [3.63, 3.8) is 0 Å². The van der Waals surface area contributed by atoms with Gasteiger partial charge in [0.2, 0.25) is 0 Å². The van der Waals surface area contributed by atoms with Gasteiger partial charge in [-0.2, -0.15) is 0 Å². The van der Waals surface area contributed by atoms with E-state index in [4.69, 9.17) is 4.74 Å². The summed E-state index contributed by atoms with van der Waals surface area (Å²) in [6.45, 7) is 0. The van der Waals surface area contributed by atoms with Crippen LogP contribution in [-0.4, -0.2) is 22.6 Å². The molecule has 0 aliphatic carbocycles. The summed E-state index contributed by atoms with van der Waals surface area (Å²) >= 11 is 1.41. The second-order valence-electron chi connectivity index (χ2n) is 5.02. The highest BCUT2D eigenvalue weighted by Gasteiger charge is 2.24. The number of nitrogens with one attached hydrogen (secondary N) is 1.